The Labute approximate surface area is 182 Å². The van der Waals surface area contributed by atoms with Crippen molar-refractivity contribution in [3.63, 3.8) is 0 Å². The maximum Gasteiger partial charge on any atom is 0.573 e. The van der Waals surface area contributed by atoms with E-state index in [9.17, 15) is 13.2 Å². The first kappa shape index (κ1) is 22.2. The number of nitrogens with zero attached hydrogens (tertiary/aromatic N) is 3. The third-order valence-corrected chi connectivity index (χ3v) is 6.51. The second kappa shape index (κ2) is 9.67. The van der Waals surface area contributed by atoms with Gasteiger partial charge in [0.1, 0.15) is 5.75 Å². The minimum Gasteiger partial charge on any atom is -0.405 e. The van der Waals surface area contributed by atoms with Crippen molar-refractivity contribution < 1.29 is 17.9 Å². The first-order valence-electron chi connectivity index (χ1n) is 11.6. The van der Waals surface area contributed by atoms with E-state index < -0.39 is 6.36 Å². The predicted molar refractivity (Wildman–Crippen MR) is 115 cm³/mol. The normalized spacial score (nSPS) is 27.4. The highest BCUT2D eigenvalue weighted by Crippen LogP contribution is 2.45. The minimum absolute atomic E-state index is 0.00681. The average Bonchev–Trinajstić information content (AvgIpc) is 3.34. The van der Waals surface area contributed by atoms with Gasteiger partial charge in [-0.1, -0.05) is 24.6 Å². The second-order valence-electron chi connectivity index (χ2n) is 8.94. The lowest BCUT2D eigenvalue weighted by atomic mass is 10.1. The summed E-state index contributed by atoms with van der Waals surface area (Å²) in [5.74, 6) is 1.46. The van der Waals surface area contributed by atoms with Crippen LogP contribution in [0.4, 0.5) is 13.2 Å². The molecule has 0 radical (unpaired) electrons. The number of halogens is 3. The van der Waals surface area contributed by atoms with E-state index in [4.69, 9.17) is 0 Å². The van der Waals surface area contributed by atoms with E-state index >= 15 is 0 Å². The molecule has 8 heteroatoms. The summed E-state index contributed by atoms with van der Waals surface area (Å²) in [7, 11) is 0. The van der Waals surface area contributed by atoms with Crippen LogP contribution in [0.5, 0.6) is 5.75 Å². The van der Waals surface area contributed by atoms with Gasteiger partial charge in [0.15, 0.2) is 5.96 Å². The van der Waals surface area contributed by atoms with Gasteiger partial charge in [0, 0.05) is 38.1 Å². The summed E-state index contributed by atoms with van der Waals surface area (Å²) in [6, 6.07) is 6.55. The van der Waals surface area contributed by atoms with Crippen LogP contribution in [0.25, 0.3) is 0 Å². The van der Waals surface area contributed by atoms with Gasteiger partial charge >= 0.3 is 6.36 Å². The Hall–Kier alpha value is -1.96. The van der Waals surface area contributed by atoms with Crippen molar-refractivity contribution in [2.24, 2.45) is 10.9 Å². The standard InChI is InChI=1S/C23H33F3N4O/c1-2-27-22(30-13-10-17(16-30)15-29-11-6-3-7-12-29)28-20-14-19(20)18-8-4-5-9-21(18)31-23(24,25)26/h4-5,8-9,17,19-20H,2-3,6-7,10-16H2,1H3,(H,27,28). The molecule has 3 fully saturated rings. The number of nitrogens with one attached hydrogen (secondary N) is 1. The SMILES string of the molecule is CCN=C(NC1CC1c1ccccc1OC(F)(F)F)N1CCC(CN2CCCCC2)C1. The molecule has 2 heterocycles. The Morgan fingerprint density at radius 1 is 1.16 bits per heavy atom. The Balaban J connectivity index is 1.34. The van der Waals surface area contributed by atoms with Crippen molar-refractivity contribution in [1.29, 1.82) is 0 Å². The molecule has 0 spiro atoms. The van der Waals surface area contributed by atoms with Gasteiger partial charge in [0.25, 0.3) is 0 Å². The van der Waals surface area contributed by atoms with Crippen LogP contribution in [0.15, 0.2) is 29.3 Å². The zero-order valence-electron chi connectivity index (χ0n) is 18.2. The monoisotopic (exact) mass is 438 g/mol. The van der Waals surface area contributed by atoms with Gasteiger partial charge in [-0.05, 0) is 63.2 Å². The summed E-state index contributed by atoms with van der Waals surface area (Å²) in [5.41, 5.74) is 0.609. The van der Waals surface area contributed by atoms with Crippen LogP contribution in [0, 0.1) is 5.92 Å². The number of benzene rings is 1. The van der Waals surface area contributed by atoms with Gasteiger partial charge in [-0.2, -0.15) is 0 Å². The quantitative estimate of drug-likeness (QED) is 0.534. The highest BCUT2D eigenvalue weighted by atomic mass is 19.4. The summed E-state index contributed by atoms with van der Waals surface area (Å²) in [6.07, 6.45) is 1.24. The van der Waals surface area contributed by atoms with E-state index in [1.54, 1.807) is 18.2 Å². The van der Waals surface area contributed by atoms with Crippen LogP contribution in [0.3, 0.4) is 0 Å². The summed E-state index contributed by atoms with van der Waals surface area (Å²) < 4.78 is 42.5. The van der Waals surface area contributed by atoms with Crippen LogP contribution in [0.2, 0.25) is 0 Å². The molecular formula is C23H33F3N4O. The van der Waals surface area contributed by atoms with Gasteiger partial charge in [-0.15, -0.1) is 13.2 Å². The molecule has 4 rings (SSSR count). The lowest BCUT2D eigenvalue weighted by Crippen LogP contribution is -2.42. The summed E-state index contributed by atoms with van der Waals surface area (Å²) in [5, 5.41) is 3.52. The first-order chi connectivity index (χ1) is 14.9. The number of piperidine rings is 1. The van der Waals surface area contributed by atoms with E-state index in [1.807, 2.05) is 6.92 Å². The van der Waals surface area contributed by atoms with Crippen molar-refractivity contribution in [1.82, 2.24) is 15.1 Å². The lowest BCUT2D eigenvalue weighted by Gasteiger charge is -2.29. The van der Waals surface area contributed by atoms with E-state index in [0.717, 1.165) is 38.4 Å². The third-order valence-electron chi connectivity index (χ3n) is 6.51. The molecule has 3 aliphatic rings. The topological polar surface area (TPSA) is 40.1 Å². The molecule has 0 aromatic heterocycles. The number of aliphatic imine (C=N–C) groups is 1. The van der Waals surface area contributed by atoms with Gasteiger partial charge in [-0.3, -0.25) is 4.99 Å². The maximum absolute atomic E-state index is 12.8. The van der Waals surface area contributed by atoms with Crippen molar-refractivity contribution in [3.8, 4) is 5.75 Å². The van der Waals surface area contributed by atoms with Gasteiger partial charge in [0.2, 0.25) is 0 Å². The van der Waals surface area contributed by atoms with Crippen LogP contribution in [0.1, 0.15) is 50.5 Å². The molecule has 1 aliphatic carbocycles. The largest absolute Gasteiger partial charge is 0.573 e. The van der Waals surface area contributed by atoms with Crippen LogP contribution < -0.4 is 10.1 Å². The van der Waals surface area contributed by atoms with Crippen LogP contribution in [-0.2, 0) is 0 Å². The molecule has 5 nitrogen and oxygen atoms in total. The van der Waals surface area contributed by atoms with Crippen LogP contribution >= 0.6 is 0 Å². The molecule has 172 valence electrons. The molecule has 0 amide bonds. The summed E-state index contributed by atoms with van der Waals surface area (Å²) >= 11 is 0. The van der Waals surface area contributed by atoms with Crippen molar-refractivity contribution in [3.05, 3.63) is 29.8 Å². The highest BCUT2D eigenvalue weighted by Gasteiger charge is 2.43. The molecule has 1 saturated carbocycles. The number of para-hydroxylation sites is 1. The molecule has 1 N–H and O–H groups in total. The molecule has 1 aromatic carbocycles. The van der Waals surface area contributed by atoms with Gasteiger partial charge in [0.05, 0.1) is 0 Å². The smallest absolute Gasteiger partial charge is 0.405 e. The van der Waals surface area contributed by atoms with E-state index in [1.165, 1.54) is 38.4 Å². The summed E-state index contributed by atoms with van der Waals surface area (Å²) in [6.45, 7) is 8.26. The molecule has 31 heavy (non-hydrogen) atoms. The van der Waals surface area contributed by atoms with E-state index in [0.29, 0.717) is 18.0 Å². The Morgan fingerprint density at radius 3 is 2.68 bits per heavy atom. The van der Waals surface area contributed by atoms with Gasteiger partial charge < -0.3 is 19.9 Å². The van der Waals surface area contributed by atoms with E-state index in [2.05, 4.69) is 24.8 Å². The zero-order valence-corrected chi connectivity index (χ0v) is 18.2. The third kappa shape index (κ3) is 6.05. The number of rotatable bonds is 6. The molecule has 1 aromatic rings. The van der Waals surface area contributed by atoms with Gasteiger partial charge in [-0.25, -0.2) is 0 Å². The van der Waals surface area contributed by atoms with Crippen molar-refractivity contribution >= 4 is 5.96 Å². The Kier molecular flexibility index (Phi) is 6.94. The molecular weight excluding hydrogens is 405 g/mol. The Morgan fingerprint density at radius 2 is 1.94 bits per heavy atom. The molecule has 2 aliphatic heterocycles. The first-order valence-corrected chi connectivity index (χ1v) is 11.6. The van der Waals surface area contributed by atoms with Crippen molar-refractivity contribution in [2.45, 2.75) is 57.3 Å². The lowest BCUT2D eigenvalue weighted by molar-refractivity contribution is -0.274. The fourth-order valence-electron chi connectivity index (χ4n) is 4.94. The molecule has 3 atom stereocenters. The number of hydrogen-bond acceptors (Lipinski definition) is 3. The highest BCUT2D eigenvalue weighted by molar-refractivity contribution is 5.81. The molecule has 2 saturated heterocycles. The fraction of sp³-hybridized carbons (Fsp3) is 0.696. The van der Waals surface area contributed by atoms with Crippen molar-refractivity contribution in [2.75, 3.05) is 39.3 Å². The Bertz CT molecular complexity index is 763. The number of likely N-dealkylation sites (tertiary alicyclic amines) is 2. The van der Waals surface area contributed by atoms with E-state index in [-0.39, 0.29) is 17.7 Å². The fourth-order valence-corrected chi connectivity index (χ4v) is 4.94. The molecule has 0 bridgehead atoms. The number of ether oxygens (including phenoxy) is 1. The number of alkyl halides is 3. The average molecular weight is 439 g/mol. The number of hydrogen-bond donors (Lipinski definition) is 1. The summed E-state index contributed by atoms with van der Waals surface area (Å²) in [4.78, 5) is 9.60. The van der Waals surface area contributed by atoms with Crippen LogP contribution in [-0.4, -0.2) is 67.4 Å². The second-order valence-corrected chi connectivity index (χ2v) is 8.94. The maximum atomic E-state index is 12.8. The molecule has 3 unspecified atom stereocenters. The predicted octanol–water partition coefficient (Wildman–Crippen LogP) is 4.21. The minimum atomic E-state index is -4.68. The zero-order chi connectivity index (χ0) is 21.8. The number of guanidine groups is 1.